The van der Waals surface area contributed by atoms with Crippen LogP contribution in [0.4, 0.5) is 0 Å². The molecule has 1 atom stereocenters. The molecule has 0 aliphatic carbocycles. The Balaban J connectivity index is 2.07. The van der Waals surface area contributed by atoms with E-state index in [9.17, 15) is 8.42 Å². The Morgan fingerprint density at radius 1 is 1.35 bits per heavy atom. The monoisotopic (exact) mass is 257 g/mol. The van der Waals surface area contributed by atoms with Crippen LogP contribution in [-0.2, 0) is 19.1 Å². The summed E-state index contributed by atoms with van der Waals surface area (Å²) in [6, 6.07) is 8.12. The first-order chi connectivity index (χ1) is 8.08. The maximum absolute atomic E-state index is 11.9. The Bertz CT molecular complexity index is 460. The largest absolute Gasteiger partial charge is 0.376 e. The first-order valence-corrected chi connectivity index (χ1v) is 6.85. The minimum atomic E-state index is -3.71. The summed E-state index contributed by atoms with van der Waals surface area (Å²) in [6.45, 7) is 3.26. The van der Waals surface area contributed by atoms with Crippen molar-refractivity contribution in [2.24, 2.45) is 0 Å². The average molecular weight is 257 g/mol. The molecule has 6 heteroatoms. The number of ether oxygens (including phenoxy) is 1. The van der Waals surface area contributed by atoms with Gasteiger partial charge >= 0.3 is 10.1 Å². The maximum Gasteiger partial charge on any atom is 0.313 e. The van der Waals surface area contributed by atoms with Gasteiger partial charge in [-0.05, 0) is 19.1 Å². The van der Waals surface area contributed by atoms with Crippen LogP contribution in [0.2, 0.25) is 0 Å². The lowest BCUT2D eigenvalue weighted by molar-refractivity contribution is -0.139. The summed E-state index contributed by atoms with van der Waals surface area (Å²) >= 11 is 0. The van der Waals surface area contributed by atoms with Crippen LogP contribution in [0, 0.1) is 0 Å². The van der Waals surface area contributed by atoms with E-state index in [1.807, 2.05) is 6.92 Å². The second-order valence-electron chi connectivity index (χ2n) is 3.91. The highest BCUT2D eigenvalue weighted by Crippen LogP contribution is 2.15. The Morgan fingerprint density at radius 3 is 2.71 bits per heavy atom. The number of benzene rings is 1. The zero-order valence-electron chi connectivity index (χ0n) is 9.57. The highest BCUT2D eigenvalue weighted by atomic mass is 32.2. The van der Waals surface area contributed by atoms with E-state index in [0.717, 1.165) is 0 Å². The van der Waals surface area contributed by atoms with E-state index in [1.165, 1.54) is 17.2 Å². The van der Waals surface area contributed by atoms with Crippen molar-refractivity contribution in [2.75, 3.05) is 19.7 Å². The molecule has 17 heavy (non-hydrogen) atoms. The van der Waals surface area contributed by atoms with Gasteiger partial charge in [-0.15, -0.1) is 0 Å². The number of morpholine rings is 1. The van der Waals surface area contributed by atoms with Gasteiger partial charge in [-0.3, -0.25) is 0 Å². The molecular weight excluding hydrogens is 242 g/mol. The van der Waals surface area contributed by atoms with Crippen LogP contribution in [-0.4, -0.2) is 39.3 Å². The quantitative estimate of drug-likeness (QED) is 0.809. The van der Waals surface area contributed by atoms with Crippen molar-refractivity contribution in [2.45, 2.75) is 17.9 Å². The average Bonchev–Trinajstić information content (AvgIpc) is 2.29. The molecule has 0 radical (unpaired) electrons. The third kappa shape index (κ3) is 3.26. The molecule has 0 spiro atoms. The van der Waals surface area contributed by atoms with Gasteiger partial charge in [-0.1, -0.05) is 18.2 Å². The van der Waals surface area contributed by atoms with E-state index in [2.05, 4.69) is 0 Å². The predicted octanol–water partition coefficient (Wildman–Crippen LogP) is 1.03. The van der Waals surface area contributed by atoms with Crippen LogP contribution in [0.25, 0.3) is 0 Å². The summed E-state index contributed by atoms with van der Waals surface area (Å²) in [4.78, 5) is 0.166. The summed E-state index contributed by atoms with van der Waals surface area (Å²) in [5.74, 6) is 0. The van der Waals surface area contributed by atoms with Crippen molar-refractivity contribution >= 4 is 10.1 Å². The first-order valence-electron chi connectivity index (χ1n) is 5.44. The molecule has 0 bridgehead atoms. The van der Waals surface area contributed by atoms with E-state index in [0.29, 0.717) is 19.7 Å². The Morgan fingerprint density at radius 2 is 2.06 bits per heavy atom. The van der Waals surface area contributed by atoms with Crippen LogP contribution in [0.1, 0.15) is 6.92 Å². The number of hydroxylamine groups is 2. The zero-order valence-corrected chi connectivity index (χ0v) is 10.4. The molecule has 0 aromatic heterocycles. The fourth-order valence-electron chi connectivity index (χ4n) is 1.62. The summed E-state index contributed by atoms with van der Waals surface area (Å²) in [6.07, 6.45) is -0.0188. The normalized spacial score (nSPS) is 22.5. The third-order valence-corrected chi connectivity index (χ3v) is 3.70. The van der Waals surface area contributed by atoms with Crippen molar-refractivity contribution in [1.82, 2.24) is 5.06 Å². The molecule has 1 aliphatic heterocycles. The van der Waals surface area contributed by atoms with Crippen LogP contribution in [0.15, 0.2) is 35.2 Å². The molecule has 0 amide bonds. The molecule has 94 valence electrons. The topological polar surface area (TPSA) is 55.8 Å². The van der Waals surface area contributed by atoms with Crippen LogP contribution in [0.3, 0.4) is 0 Å². The molecular formula is C11H15NO4S. The van der Waals surface area contributed by atoms with Crippen LogP contribution >= 0.6 is 0 Å². The SMILES string of the molecule is CC1CN(OS(=O)(=O)c2ccccc2)CCO1. The van der Waals surface area contributed by atoms with Gasteiger partial charge in [0.2, 0.25) is 0 Å². The molecule has 0 N–H and O–H groups in total. The molecule has 1 fully saturated rings. The summed E-state index contributed by atoms with van der Waals surface area (Å²) < 4.78 is 34.2. The second-order valence-corrected chi connectivity index (χ2v) is 5.44. The molecule has 1 heterocycles. The lowest BCUT2D eigenvalue weighted by Crippen LogP contribution is -2.42. The van der Waals surface area contributed by atoms with Crippen molar-refractivity contribution in [3.05, 3.63) is 30.3 Å². The number of hydrogen-bond acceptors (Lipinski definition) is 5. The Labute approximate surface area is 101 Å². The van der Waals surface area contributed by atoms with Crippen molar-refractivity contribution in [3.63, 3.8) is 0 Å². The minimum absolute atomic E-state index is 0.0188. The smallest absolute Gasteiger partial charge is 0.313 e. The third-order valence-electron chi connectivity index (χ3n) is 2.44. The molecule has 1 aliphatic rings. The van der Waals surface area contributed by atoms with Gasteiger partial charge in [-0.25, -0.2) is 0 Å². The lowest BCUT2D eigenvalue weighted by atomic mass is 10.3. The van der Waals surface area contributed by atoms with Gasteiger partial charge in [0.05, 0.1) is 24.2 Å². The molecule has 1 aromatic carbocycles. The minimum Gasteiger partial charge on any atom is -0.376 e. The number of rotatable bonds is 3. The van der Waals surface area contributed by atoms with Crippen molar-refractivity contribution in [3.8, 4) is 0 Å². The number of nitrogens with zero attached hydrogens (tertiary/aromatic N) is 1. The summed E-state index contributed by atoms with van der Waals surface area (Å²) in [5, 5.41) is 1.43. The molecule has 1 unspecified atom stereocenters. The van der Waals surface area contributed by atoms with Crippen molar-refractivity contribution < 1.29 is 17.4 Å². The van der Waals surface area contributed by atoms with Gasteiger partial charge in [0.1, 0.15) is 0 Å². The summed E-state index contributed by atoms with van der Waals surface area (Å²) in [7, 11) is -3.71. The van der Waals surface area contributed by atoms with E-state index >= 15 is 0 Å². The molecule has 1 aromatic rings. The van der Waals surface area contributed by atoms with E-state index in [4.69, 9.17) is 9.02 Å². The maximum atomic E-state index is 11.9. The number of hydrogen-bond donors (Lipinski definition) is 0. The molecule has 0 saturated carbocycles. The standard InChI is InChI=1S/C11H15NO4S/c1-10-9-12(7-8-15-10)16-17(13,14)11-5-3-2-4-6-11/h2-6,10H,7-9H2,1H3. The Hall–Kier alpha value is -0.950. The van der Waals surface area contributed by atoms with Crippen molar-refractivity contribution in [1.29, 1.82) is 0 Å². The first kappa shape index (κ1) is 12.5. The van der Waals surface area contributed by atoms with Crippen LogP contribution < -0.4 is 0 Å². The van der Waals surface area contributed by atoms with Gasteiger partial charge in [0.25, 0.3) is 0 Å². The Kier molecular flexibility index (Phi) is 3.78. The van der Waals surface area contributed by atoms with Gasteiger partial charge in [-0.2, -0.15) is 17.8 Å². The summed E-state index contributed by atoms with van der Waals surface area (Å²) in [5.41, 5.74) is 0. The lowest BCUT2D eigenvalue weighted by Gasteiger charge is -2.29. The van der Waals surface area contributed by atoms with Gasteiger partial charge in [0, 0.05) is 6.54 Å². The second kappa shape index (κ2) is 5.14. The van der Waals surface area contributed by atoms with Crippen LogP contribution in [0.5, 0.6) is 0 Å². The highest BCUT2D eigenvalue weighted by Gasteiger charge is 2.24. The molecule has 1 saturated heterocycles. The highest BCUT2D eigenvalue weighted by molar-refractivity contribution is 7.86. The van der Waals surface area contributed by atoms with E-state index in [-0.39, 0.29) is 11.0 Å². The molecule has 5 nitrogen and oxygen atoms in total. The molecule has 2 rings (SSSR count). The zero-order chi connectivity index (χ0) is 12.3. The van der Waals surface area contributed by atoms with Gasteiger partial charge < -0.3 is 4.74 Å². The fourth-order valence-corrected chi connectivity index (χ4v) is 2.61. The van der Waals surface area contributed by atoms with E-state index in [1.54, 1.807) is 18.2 Å². The van der Waals surface area contributed by atoms with E-state index < -0.39 is 10.1 Å². The predicted molar refractivity (Wildman–Crippen MR) is 61.7 cm³/mol. The fraction of sp³-hybridized carbons (Fsp3) is 0.455. The van der Waals surface area contributed by atoms with Gasteiger partial charge in [0.15, 0.2) is 0 Å².